The van der Waals surface area contributed by atoms with E-state index in [9.17, 15) is 0 Å². The van der Waals surface area contributed by atoms with E-state index in [-0.39, 0.29) is 0 Å². The molecule has 1 unspecified atom stereocenters. The van der Waals surface area contributed by atoms with Crippen molar-refractivity contribution in [1.29, 1.82) is 0 Å². The molecule has 2 heteroatoms. The summed E-state index contributed by atoms with van der Waals surface area (Å²) in [4.78, 5) is 2.58. The van der Waals surface area contributed by atoms with E-state index in [1.807, 2.05) is 0 Å². The second-order valence-corrected chi connectivity index (χ2v) is 6.03. The summed E-state index contributed by atoms with van der Waals surface area (Å²) in [6.07, 6.45) is 4.68. The van der Waals surface area contributed by atoms with Crippen LogP contribution in [0.15, 0.2) is 24.3 Å². The highest BCUT2D eigenvalue weighted by atomic mass is 16.2. The van der Waals surface area contributed by atoms with Gasteiger partial charge in [-0.05, 0) is 49.3 Å². The molecule has 1 saturated heterocycles. The Hall–Kier alpha value is -0.860. The summed E-state index contributed by atoms with van der Waals surface area (Å²) in [5.41, 5.74) is 2.84. The molecule has 0 radical (unpaired) electrons. The number of likely N-dealkylation sites (tertiary alicyclic amines) is 1. The Morgan fingerprint density at radius 3 is 2.63 bits per heavy atom. The lowest BCUT2D eigenvalue weighted by Gasteiger charge is -2.24. The van der Waals surface area contributed by atoms with E-state index in [2.05, 4.69) is 43.0 Å². The van der Waals surface area contributed by atoms with E-state index in [0.717, 1.165) is 19.4 Å². The first-order valence-corrected chi connectivity index (χ1v) is 7.64. The average molecular weight is 261 g/mol. The molecule has 1 aliphatic rings. The van der Waals surface area contributed by atoms with Crippen LogP contribution in [0.1, 0.15) is 56.6 Å². The van der Waals surface area contributed by atoms with Crippen LogP contribution in [-0.2, 0) is 6.54 Å². The first kappa shape index (κ1) is 14.5. The highest BCUT2D eigenvalue weighted by Gasteiger charge is 2.23. The summed E-state index contributed by atoms with van der Waals surface area (Å²) in [5, 5.41) is 8.97. The molecule has 1 atom stereocenters. The zero-order valence-electron chi connectivity index (χ0n) is 12.3. The Kier molecular flexibility index (Phi) is 5.41. The minimum Gasteiger partial charge on any atom is -0.396 e. The topological polar surface area (TPSA) is 23.5 Å². The van der Waals surface area contributed by atoms with Crippen molar-refractivity contribution in [2.75, 3.05) is 13.2 Å². The summed E-state index contributed by atoms with van der Waals surface area (Å²) in [7, 11) is 0. The first-order valence-electron chi connectivity index (χ1n) is 7.64. The molecule has 2 rings (SSSR count). The van der Waals surface area contributed by atoms with Crippen molar-refractivity contribution in [3.63, 3.8) is 0 Å². The molecule has 2 nitrogen and oxygen atoms in total. The summed E-state index contributed by atoms with van der Waals surface area (Å²) >= 11 is 0. The largest absolute Gasteiger partial charge is 0.396 e. The number of hydrogen-bond donors (Lipinski definition) is 1. The van der Waals surface area contributed by atoms with Gasteiger partial charge in [-0.2, -0.15) is 0 Å². The Labute approximate surface area is 117 Å². The van der Waals surface area contributed by atoms with Gasteiger partial charge in [-0.3, -0.25) is 4.90 Å². The van der Waals surface area contributed by atoms with Crippen molar-refractivity contribution in [1.82, 2.24) is 4.90 Å². The highest BCUT2D eigenvalue weighted by Crippen LogP contribution is 2.24. The molecule has 1 N–H and O–H groups in total. The molecule has 1 aromatic carbocycles. The maximum absolute atomic E-state index is 8.97. The fourth-order valence-electron chi connectivity index (χ4n) is 3.00. The van der Waals surface area contributed by atoms with Crippen molar-refractivity contribution in [2.24, 2.45) is 0 Å². The third kappa shape index (κ3) is 4.05. The van der Waals surface area contributed by atoms with Gasteiger partial charge in [0.15, 0.2) is 0 Å². The zero-order valence-corrected chi connectivity index (χ0v) is 12.3. The summed E-state index contributed by atoms with van der Waals surface area (Å²) in [6, 6.07) is 9.75. The first-order chi connectivity index (χ1) is 9.20. The molecule has 106 valence electrons. The number of hydrogen-bond acceptors (Lipinski definition) is 2. The van der Waals surface area contributed by atoms with Crippen LogP contribution in [0, 0.1) is 0 Å². The quantitative estimate of drug-likeness (QED) is 0.846. The molecule has 1 aromatic rings. The third-order valence-corrected chi connectivity index (χ3v) is 4.23. The standard InChI is InChI=1S/C17H27NO/c1-14(2)16-9-7-15(8-10-16)13-18-11-3-5-17(18)6-4-12-19/h7-10,14,17,19H,3-6,11-13H2,1-2H3. The van der Waals surface area contributed by atoms with Gasteiger partial charge in [0.2, 0.25) is 0 Å². The van der Waals surface area contributed by atoms with Gasteiger partial charge >= 0.3 is 0 Å². The smallest absolute Gasteiger partial charge is 0.0431 e. The number of aliphatic hydroxyl groups excluding tert-OH is 1. The molecule has 0 aliphatic carbocycles. The second-order valence-electron chi connectivity index (χ2n) is 6.03. The van der Waals surface area contributed by atoms with Crippen molar-refractivity contribution in [3.05, 3.63) is 35.4 Å². The lowest BCUT2D eigenvalue weighted by atomic mass is 10.0. The summed E-state index contributed by atoms with van der Waals surface area (Å²) in [6.45, 7) is 7.07. The Morgan fingerprint density at radius 2 is 2.00 bits per heavy atom. The molecule has 19 heavy (non-hydrogen) atoms. The Balaban J connectivity index is 1.92. The third-order valence-electron chi connectivity index (χ3n) is 4.23. The normalized spacial score (nSPS) is 20.3. The molecule has 0 spiro atoms. The molecular weight excluding hydrogens is 234 g/mol. The number of benzene rings is 1. The number of aliphatic hydroxyl groups is 1. The number of nitrogens with zero attached hydrogens (tertiary/aromatic N) is 1. The second kappa shape index (κ2) is 7.06. The molecule has 0 aromatic heterocycles. The van der Waals surface area contributed by atoms with Crippen molar-refractivity contribution < 1.29 is 5.11 Å². The highest BCUT2D eigenvalue weighted by molar-refractivity contribution is 5.24. The lowest BCUT2D eigenvalue weighted by Crippen LogP contribution is -2.29. The fourth-order valence-corrected chi connectivity index (χ4v) is 3.00. The van der Waals surface area contributed by atoms with Crippen LogP contribution >= 0.6 is 0 Å². The van der Waals surface area contributed by atoms with Gasteiger partial charge in [-0.25, -0.2) is 0 Å². The van der Waals surface area contributed by atoms with E-state index in [1.54, 1.807) is 0 Å². The van der Waals surface area contributed by atoms with Crippen LogP contribution in [-0.4, -0.2) is 29.2 Å². The molecule has 1 fully saturated rings. The van der Waals surface area contributed by atoms with Gasteiger partial charge in [-0.1, -0.05) is 38.1 Å². The number of rotatable bonds is 6. The van der Waals surface area contributed by atoms with Gasteiger partial charge in [0.1, 0.15) is 0 Å². The molecule has 1 heterocycles. The molecule has 0 amide bonds. The van der Waals surface area contributed by atoms with E-state index in [0.29, 0.717) is 18.6 Å². The Bertz CT molecular complexity index is 371. The van der Waals surface area contributed by atoms with Crippen LogP contribution in [0.5, 0.6) is 0 Å². The SMILES string of the molecule is CC(C)c1ccc(CN2CCCC2CCCO)cc1. The zero-order chi connectivity index (χ0) is 13.7. The van der Waals surface area contributed by atoms with E-state index in [1.165, 1.54) is 30.5 Å². The molecular formula is C17H27NO. The van der Waals surface area contributed by atoms with Crippen LogP contribution in [0.4, 0.5) is 0 Å². The lowest BCUT2D eigenvalue weighted by molar-refractivity contribution is 0.210. The van der Waals surface area contributed by atoms with Crippen LogP contribution in [0.3, 0.4) is 0 Å². The summed E-state index contributed by atoms with van der Waals surface area (Å²) < 4.78 is 0. The van der Waals surface area contributed by atoms with Crippen molar-refractivity contribution >= 4 is 0 Å². The maximum Gasteiger partial charge on any atom is 0.0431 e. The monoisotopic (exact) mass is 261 g/mol. The predicted octanol–water partition coefficient (Wildman–Crippen LogP) is 3.55. The van der Waals surface area contributed by atoms with Gasteiger partial charge < -0.3 is 5.11 Å². The fraction of sp³-hybridized carbons (Fsp3) is 0.647. The van der Waals surface area contributed by atoms with Gasteiger partial charge in [0, 0.05) is 19.2 Å². The van der Waals surface area contributed by atoms with E-state index >= 15 is 0 Å². The van der Waals surface area contributed by atoms with Crippen LogP contribution in [0.25, 0.3) is 0 Å². The van der Waals surface area contributed by atoms with Gasteiger partial charge in [-0.15, -0.1) is 0 Å². The van der Waals surface area contributed by atoms with Crippen LogP contribution < -0.4 is 0 Å². The Morgan fingerprint density at radius 1 is 1.26 bits per heavy atom. The average Bonchev–Trinajstić information content (AvgIpc) is 2.84. The summed E-state index contributed by atoms with van der Waals surface area (Å²) in [5.74, 6) is 0.609. The minimum atomic E-state index is 0.327. The molecule has 0 saturated carbocycles. The molecule has 0 bridgehead atoms. The van der Waals surface area contributed by atoms with E-state index < -0.39 is 0 Å². The van der Waals surface area contributed by atoms with Crippen molar-refractivity contribution in [3.8, 4) is 0 Å². The van der Waals surface area contributed by atoms with Gasteiger partial charge in [0.05, 0.1) is 0 Å². The van der Waals surface area contributed by atoms with Crippen LogP contribution in [0.2, 0.25) is 0 Å². The van der Waals surface area contributed by atoms with Gasteiger partial charge in [0.25, 0.3) is 0 Å². The molecule has 1 aliphatic heterocycles. The minimum absolute atomic E-state index is 0.327. The van der Waals surface area contributed by atoms with Crippen molar-refractivity contribution in [2.45, 2.75) is 58.0 Å². The maximum atomic E-state index is 8.97. The van der Waals surface area contributed by atoms with E-state index in [4.69, 9.17) is 5.11 Å². The predicted molar refractivity (Wildman–Crippen MR) is 80.3 cm³/mol.